The highest BCUT2D eigenvalue weighted by atomic mass is 32.1. The molecule has 4 rings (SSSR count). The molecule has 0 bridgehead atoms. The highest BCUT2D eigenvalue weighted by Crippen LogP contribution is 2.38. The van der Waals surface area contributed by atoms with Crippen LogP contribution in [0.5, 0.6) is 0 Å². The van der Waals surface area contributed by atoms with Crippen LogP contribution in [0.3, 0.4) is 0 Å². The summed E-state index contributed by atoms with van der Waals surface area (Å²) in [5, 5.41) is 9.59. The van der Waals surface area contributed by atoms with Crippen molar-refractivity contribution in [1.82, 2.24) is 0 Å². The highest BCUT2D eigenvalue weighted by Gasteiger charge is 2.24. The van der Waals surface area contributed by atoms with Crippen molar-refractivity contribution in [3.8, 4) is 22.3 Å². The minimum Gasteiger partial charge on any atom is -0.462 e. The van der Waals surface area contributed by atoms with E-state index in [2.05, 4.69) is 10.6 Å². The number of rotatable bonds is 13. The van der Waals surface area contributed by atoms with Crippen LogP contribution in [-0.2, 0) is 19.1 Å². The van der Waals surface area contributed by atoms with Crippen molar-refractivity contribution in [2.24, 2.45) is 0 Å². The van der Waals surface area contributed by atoms with Crippen LogP contribution in [-0.4, -0.2) is 37.0 Å². The summed E-state index contributed by atoms with van der Waals surface area (Å²) in [6, 6.07) is 11.3. The molecule has 4 aromatic rings. The maximum absolute atomic E-state index is 13.4. The van der Waals surface area contributed by atoms with Crippen molar-refractivity contribution in [3.63, 3.8) is 0 Å². The van der Waals surface area contributed by atoms with Crippen molar-refractivity contribution in [3.05, 3.63) is 82.1 Å². The Kier molecular flexibility index (Phi) is 11.3. The van der Waals surface area contributed by atoms with Gasteiger partial charge in [-0.05, 0) is 62.1 Å². The summed E-state index contributed by atoms with van der Waals surface area (Å²) >= 11 is 2.33. The number of anilines is 2. The van der Waals surface area contributed by atoms with Crippen LogP contribution in [0.15, 0.2) is 59.3 Å². The van der Waals surface area contributed by atoms with E-state index in [9.17, 15) is 28.0 Å². The fraction of sp³-hybridized carbons (Fsp3) is 0.250. The Morgan fingerprint density at radius 2 is 1.00 bits per heavy atom. The lowest BCUT2D eigenvalue weighted by Crippen LogP contribution is -2.16. The molecule has 2 aromatic heterocycles. The topological polar surface area (TPSA) is 111 Å². The smallest absolute Gasteiger partial charge is 0.341 e. The third-order valence-corrected chi connectivity index (χ3v) is 8.21. The molecule has 0 fully saturated rings. The first-order chi connectivity index (χ1) is 21.2. The van der Waals surface area contributed by atoms with Crippen LogP contribution in [0.1, 0.15) is 60.2 Å². The molecule has 2 amide bonds. The van der Waals surface area contributed by atoms with E-state index in [-0.39, 0.29) is 49.0 Å². The highest BCUT2D eigenvalue weighted by molar-refractivity contribution is 7.15. The zero-order valence-electron chi connectivity index (χ0n) is 24.0. The second-order valence-corrected chi connectivity index (χ2v) is 11.2. The molecular formula is C32H30F2N2O6S2. The Morgan fingerprint density at radius 1 is 0.636 bits per heavy atom. The number of esters is 2. The van der Waals surface area contributed by atoms with E-state index >= 15 is 0 Å². The van der Waals surface area contributed by atoms with Gasteiger partial charge >= 0.3 is 11.9 Å². The van der Waals surface area contributed by atoms with Crippen LogP contribution in [0.25, 0.3) is 22.3 Å². The van der Waals surface area contributed by atoms with Crippen molar-refractivity contribution < 1.29 is 37.4 Å². The van der Waals surface area contributed by atoms with Crippen molar-refractivity contribution in [1.29, 1.82) is 0 Å². The van der Waals surface area contributed by atoms with Gasteiger partial charge < -0.3 is 20.1 Å². The largest absolute Gasteiger partial charge is 0.462 e. The summed E-state index contributed by atoms with van der Waals surface area (Å²) in [4.78, 5) is 50.9. The summed E-state index contributed by atoms with van der Waals surface area (Å²) < 4.78 is 37.2. The average Bonchev–Trinajstić information content (AvgIpc) is 3.61. The Morgan fingerprint density at radius 3 is 1.34 bits per heavy atom. The van der Waals surface area contributed by atoms with E-state index in [1.54, 1.807) is 48.9 Å². The minimum atomic E-state index is -0.599. The SMILES string of the molecule is CCOC(=O)c1c(-c2ccc(F)cc2)csc1NC(=O)CCCCC(=O)Nc1scc(-c2ccc(F)cc2)c1C(=O)OCC. The molecule has 0 saturated carbocycles. The molecule has 0 atom stereocenters. The summed E-state index contributed by atoms with van der Waals surface area (Å²) in [6.07, 6.45) is 0.975. The predicted molar refractivity (Wildman–Crippen MR) is 167 cm³/mol. The molecule has 0 aliphatic heterocycles. The lowest BCUT2D eigenvalue weighted by Gasteiger charge is -2.10. The van der Waals surface area contributed by atoms with Crippen molar-refractivity contribution in [2.45, 2.75) is 39.5 Å². The third-order valence-electron chi connectivity index (χ3n) is 6.42. The molecular weight excluding hydrogens is 610 g/mol. The number of ether oxygens (including phenoxy) is 2. The van der Waals surface area contributed by atoms with Gasteiger partial charge in [-0.3, -0.25) is 9.59 Å². The minimum absolute atomic E-state index is 0.0983. The van der Waals surface area contributed by atoms with Gasteiger partial charge in [0.1, 0.15) is 32.8 Å². The number of benzene rings is 2. The average molecular weight is 641 g/mol. The quantitative estimate of drug-likeness (QED) is 0.114. The third kappa shape index (κ3) is 8.14. The molecule has 2 N–H and O–H groups in total. The summed E-state index contributed by atoms with van der Waals surface area (Å²) in [7, 11) is 0. The number of unbranched alkanes of at least 4 members (excludes halogenated alkanes) is 1. The Hall–Kier alpha value is -4.42. The molecule has 0 spiro atoms. The number of carbonyl (C=O) groups is 4. The molecule has 44 heavy (non-hydrogen) atoms. The van der Waals surface area contributed by atoms with Gasteiger partial charge in [0, 0.05) is 34.7 Å². The summed E-state index contributed by atoms with van der Waals surface area (Å²) in [5.41, 5.74) is 2.67. The van der Waals surface area contributed by atoms with Crippen LogP contribution in [0.4, 0.5) is 18.8 Å². The molecule has 12 heteroatoms. The maximum atomic E-state index is 13.4. The first-order valence-electron chi connectivity index (χ1n) is 13.9. The fourth-order valence-corrected chi connectivity index (χ4v) is 6.29. The fourth-order valence-electron chi connectivity index (χ4n) is 4.34. The lowest BCUT2D eigenvalue weighted by atomic mass is 10.0. The standard InChI is InChI=1S/C32H30F2N2O6S2/c1-3-41-31(39)27-23(19-9-13-21(33)14-10-19)17-43-29(27)35-25(37)7-5-6-8-26(38)36-30-28(32(40)42-4-2)24(18-44-30)20-11-15-22(34)16-12-20/h9-18H,3-8H2,1-2H3,(H,35,37)(H,36,38). The van der Waals surface area contributed by atoms with E-state index in [1.807, 2.05) is 0 Å². The molecule has 0 aliphatic carbocycles. The number of hydrogen-bond donors (Lipinski definition) is 2. The number of halogens is 2. The summed E-state index contributed by atoms with van der Waals surface area (Å²) in [5.74, 6) is -2.69. The number of hydrogen-bond acceptors (Lipinski definition) is 8. The molecule has 0 saturated heterocycles. The van der Waals surface area contributed by atoms with Crippen LogP contribution >= 0.6 is 22.7 Å². The lowest BCUT2D eigenvalue weighted by molar-refractivity contribution is -0.118. The van der Waals surface area contributed by atoms with Crippen molar-refractivity contribution in [2.75, 3.05) is 23.8 Å². The second-order valence-electron chi connectivity index (χ2n) is 9.47. The molecule has 2 heterocycles. The molecule has 0 unspecified atom stereocenters. The first kappa shape index (κ1) is 32.5. The van der Waals surface area contributed by atoms with E-state index in [4.69, 9.17) is 9.47 Å². The van der Waals surface area contributed by atoms with E-state index in [0.29, 0.717) is 45.1 Å². The van der Waals surface area contributed by atoms with Gasteiger partial charge in [0.25, 0.3) is 0 Å². The Bertz CT molecular complexity index is 1510. The Labute approximate surface area is 261 Å². The van der Waals surface area contributed by atoms with E-state index < -0.39 is 23.6 Å². The predicted octanol–water partition coefficient (Wildman–Crippen LogP) is 7.91. The maximum Gasteiger partial charge on any atom is 0.341 e. The number of thiophene rings is 2. The van der Waals surface area contributed by atoms with Crippen molar-refractivity contribution >= 4 is 56.4 Å². The number of nitrogens with one attached hydrogen (secondary N) is 2. The van der Waals surface area contributed by atoms with Gasteiger partial charge in [-0.25, -0.2) is 18.4 Å². The number of carbonyl (C=O) groups excluding carboxylic acids is 4. The van der Waals surface area contributed by atoms with Crippen LogP contribution in [0.2, 0.25) is 0 Å². The van der Waals surface area contributed by atoms with Gasteiger partial charge in [-0.15, -0.1) is 22.7 Å². The monoisotopic (exact) mass is 640 g/mol. The van der Waals surface area contributed by atoms with Gasteiger partial charge in [0.15, 0.2) is 0 Å². The van der Waals surface area contributed by atoms with E-state index in [0.717, 1.165) is 0 Å². The first-order valence-corrected chi connectivity index (χ1v) is 15.7. The van der Waals surface area contributed by atoms with Gasteiger partial charge in [-0.1, -0.05) is 24.3 Å². The molecule has 2 aromatic carbocycles. The van der Waals surface area contributed by atoms with Gasteiger partial charge in [0.05, 0.1) is 13.2 Å². The Balaban J connectivity index is 1.35. The summed E-state index contributed by atoms with van der Waals surface area (Å²) in [6.45, 7) is 3.65. The zero-order valence-corrected chi connectivity index (χ0v) is 25.7. The molecule has 0 radical (unpaired) electrons. The molecule has 0 aliphatic rings. The second kappa shape index (κ2) is 15.3. The normalized spacial score (nSPS) is 10.7. The van der Waals surface area contributed by atoms with E-state index in [1.165, 1.54) is 46.9 Å². The van der Waals surface area contributed by atoms with Crippen LogP contribution < -0.4 is 10.6 Å². The molecule has 230 valence electrons. The van der Waals surface area contributed by atoms with Crippen LogP contribution in [0, 0.1) is 11.6 Å². The number of amides is 2. The molecule has 8 nitrogen and oxygen atoms in total. The van der Waals surface area contributed by atoms with Gasteiger partial charge in [-0.2, -0.15) is 0 Å². The zero-order chi connectivity index (χ0) is 31.6. The van der Waals surface area contributed by atoms with Gasteiger partial charge in [0.2, 0.25) is 11.8 Å².